The van der Waals surface area contributed by atoms with E-state index in [1.54, 1.807) is 12.3 Å². The van der Waals surface area contributed by atoms with E-state index >= 15 is 0 Å². The lowest BCUT2D eigenvalue weighted by Gasteiger charge is -2.24. The summed E-state index contributed by atoms with van der Waals surface area (Å²) in [6, 6.07) is 3.67. The molecule has 2 saturated carbocycles. The molecular weight excluding hydrogens is 457 g/mol. The summed E-state index contributed by atoms with van der Waals surface area (Å²) in [7, 11) is 0. The lowest BCUT2D eigenvalue weighted by molar-refractivity contribution is -0.127. The van der Waals surface area contributed by atoms with Crippen LogP contribution in [0.1, 0.15) is 67.4 Å². The molecular formula is C26H31ClFN3O3. The molecule has 1 atom stereocenters. The maximum Gasteiger partial charge on any atom is 0.273 e. The van der Waals surface area contributed by atoms with Crippen molar-refractivity contribution in [1.82, 2.24) is 15.6 Å². The van der Waals surface area contributed by atoms with Crippen molar-refractivity contribution in [1.29, 1.82) is 0 Å². The average molecular weight is 488 g/mol. The first kappa shape index (κ1) is 24.6. The Morgan fingerprint density at radius 1 is 1.26 bits per heavy atom. The number of nitrogens with zero attached hydrogens (tertiary/aromatic N) is 1. The number of allylic oxidation sites excluding steroid dienone is 2. The topological polar surface area (TPSA) is 80.3 Å². The predicted octanol–water partition coefficient (Wildman–Crippen LogP) is 4.86. The van der Waals surface area contributed by atoms with Gasteiger partial charge < -0.3 is 15.4 Å². The number of pyridine rings is 1. The minimum Gasteiger partial charge on any atom is -0.364 e. The van der Waals surface area contributed by atoms with E-state index in [9.17, 15) is 14.0 Å². The van der Waals surface area contributed by atoms with E-state index in [0.717, 1.165) is 36.3 Å². The van der Waals surface area contributed by atoms with Gasteiger partial charge in [-0.25, -0.2) is 4.39 Å². The highest BCUT2D eigenvalue weighted by Gasteiger charge is 2.32. The standard InChI is InChI=1S/C26H31ClFN3O3/c1-16(31-26(33)21-10-9-18(14-30-21)8-7-17-5-6-17)11-12-29-23(32)15-34-22-13-19-3-2-4-20(22)25(28)24(19)27/h9-10,14,17,22H,1-8,11-13,15H2,(H,29,32)(H,31,33). The third-order valence-corrected chi connectivity index (χ3v) is 7.01. The Balaban J connectivity index is 1.13. The molecule has 4 aliphatic rings. The third-order valence-electron chi connectivity index (χ3n) is 6.58. The normalized spacial score (nSPS) is 19.8. The van der Waals surface area contributed by atoms with E-state index in [1.165, 1.54) is 19.3 Å². The molecule has 8 heteroatoms. The maximum absolute atomic E-state index is 14.4. The van der Waals surface area contributed by atoms with E-state index in [0.29, 0.717) is 42.8 Å². The van der Waals surface area contributed by atoms with Crippen molar-refractivity contribution in [2.24, 2.45) is 5.92 Å². The molecule has 1 aromatic heterocycles. The van der Waals surface area contributed by atoms with Crippen LogP contribution in [0.2, 0.25) is 0 Å². The van der Waals surface area contributed by atoms with E-state index in [2.05, 4.69) is 22.2 Å². The average Bonchev–Trinajstić information content (AvgIpc) is 3.67. The molecule has 2 amide bonds. The largest absolute Gasteiger partial charge is 0.364 e. The van der Waals surface area contributed by atoms with Crippen LogP contribution >= 0.6 is 11.6 Å². The monoisotopic (exact) mass is 487 g/mol. The first-order valence-electron chi connectivity index (χ1n) is 12.0. The van der Waals surface area contributed by atoms with Crippen molar-refractivity contribution in [2.45, 2.75) is 63.9 Å². The summed E-state index contributed by atoms with van der Waals surface area (Å²) in [5.41, 5.74) is 3.38. The number of nitrogens with one attached hydrogen (secondary N) is 2. The Morgan fingerprint density at radius 3 is 2.82 bits per heavy atom. The Bertz CT molecular complexity index is 1010. The molecule has 1 aromatic rings. The highest BCUT2D eigenvalue weighted by Crippen LogP contribution is 2.42. The molecule has 5 rings (SSSR count). The Hall–Kier alpha value is -2.51. The van der Waals surface area contributed by atoms with Gasteiger partial charge in [0.1, 0.15) is 18.1 Å². The van der Waals surface area contributed by atoms with Crippen LogP contribution in [0, 0.1) is 5.92 Å². The number of hydrogen-bond acceptors (Lipinski definition) is 4. The second-order valence-corrected chi connectivity index (χ2v) is 9.68. The van der Waals surface area contributed by atoms with Gasteiger partial charge in [-0.3, -0.25) is 14.6 Å². The molecule has 182 valence electrons. The second kappa shape index (κ2) is 11.3. The van der Waals surface area contributed by atoms with E-state index in [4.69, 9.17) is 16.3 Å². The van der Waals surface area contributed by atoms with Gasteiger partial charge in [-0.15, -0.1) is 0 Å². The second-order valence-electron chi connectivity index (χ2n) is 9.31. The number of halogens is 2. The van der Waals surface area contributed by atoms with Crippen molar-refractivity contribution in [3.63, 3.8) is 0 Å². The van der Waals surface area contributed by atoms with Crippen LogP contribution in [0.25, 0.3) is 0 Å². The zero-order valence-corrected chi connectivity index (χ0v) is 20.1. The molecule has 2 N–H and O–H groups in total. The fourth-order valence-electron chi connectivity index (χ4n) is 4.36. The van der Waals surface area contributed by atoms with Gasteiger partial charge >= 0.3 is 0 Å². The Labute approximate surface area is 204 Å². The van der Waals surface area contributed by atoms with Crippen molar-refractivity contribution in [3.05, 3.63) is 63.9 Å². The number of ether oxygens (including phenoxy) is 1. The molecule has 4 aliphatic carbocycles. The van der Waals surface area contributed by atoms with Gasteiger partial charge in [0.15, 0.2) is 0 Å². The Morgan fingerprint density at radius 2 is 2.09 bits per heavy atom. The van der Waals surface area contributed by atoms with E-state index in [-0.39, 0.29) is 29.3 Å². The maximum atomic E-state index is 14.4. The molecule has 6 nitrogen and oxygen atoms in total. The van der Waals surface area contributed by atoms with Crippen LogP contribution in [0.3, 0.4) is 0 Å². The first-order chi connectivity index (χ1) is 16.4. The number of carbonyl (C=O) groups excluding carboxylic acids is 2. The zero-order chi connectivity index (χ0) is 24.1. The molecule has 34 heavy (non-hydrogen) atoms. The molecule has 1 unspecified atom stereocenters. The summed E-state index contributed by atoms with van der Waals surface area (Å²) in [5, 5.41) is 5.69. The molecule has 0 saturated heterocycles. The molecule has 2 bridgehead atoms. The van der Waals surface area contributed by atoms with E-state index in [1.807, 2.05) is 6.07 Å². The number of aryl methyl sites for hydroxylation is 1. The lowest BCUT2D eigenvalue weighted by Crippen LogP contribution is -2.33. The Kier molecular flexibility index (Phi) is 8.16. The first-order valence-corrected chi connectivity index (χ1v) is 12.4. The van der Waals surface area contributed by atoms with Crippen LogP contribution in [-0.4, -0.2) is 36.1 Å². The van der Waals surface area contributed by atoms with Crippen LogP contribution in [0.15, 0.2) is 52.6 Å². The highest BCUT2D eigenvalue weighted by molar-refractivity contribution is 6.32. The fraction of sp³-hybridized carbons (Fsp3) is 0.500. The van der Waals surface area contributed by atoms with Gasteiger partial charge in [0.2, 0.25) is 5.91 Å². The van der Waals surface area contributed by atoms with Crippen LogP contribution in [-0.2, 0) is 16.0 Å². The van der Waals surface area contributed by atoms with Gasteiger partial charge in [0.25, 0.3) is 5.91 Å². The van der Waals surface area contributed by atoms with Crippen molar-refractivity contribution in [3.8, 4) is 0 Å². The van der Waals surface area contributed by atoms with Crippen molar-refractivity contribution in [2.75, 3.05) is 13.2 Å². The zero-order valence-electron chi connectivity index (χ0n) is 19.3. The van der Waals surface area contributed by atoms with Crippen LogP contribution < -0.4 is 10.6 Å². The third kappa shape index (κ3) is 6.54. The summed E-state index contributed by atoms with van der Waals surface area (Å²) in [6.45, 7) is 3.99. The van der Waals surface area contributed by atoms with Gasteiger partial charge in [-0.2, -0.15) is 0 Å². The fourth-order valence-corrected chi connectivity index (χ4v) is 4.65. The number of amides is 2. The summed E-state index contributed by atoms with van der Waals surface area (Å²) in [5.74, 6) is -0.147. The van der Waals surface area contributed by atoms with E-state index < -0.39 is 6.10 Å². The minimum absolute atomic E-state index is 0.164. The molecule has 0 radical (unpaired) electrons. The molecule has 0 aliphatic heterocycles. The molecule has 2 fully saturated rings. The van der Waals surface area contributed by atoms with Gasteiger partial charge in [0.05, 0.1) is 11.1 Å². The van der Waals surface area contributed by atoms with Crippen LogP contribution in [0.4, 0.5) is 4.39 Å². The summed E-state index contributed by atoms with van der Waals surface area (Å²) < 4.78 is 20.1. The van der Waals surface area contributed by atoms with Crippen molar-refractivity contribution < 1.29 is 18.7 Å². The van der Waals surface area contributed by atoms with Gasteiger partial charge in [-0.05, 0) is 60.8 Å². The summed E-state index contributed by atoms with van der Waals surface area (Å²) >= 11 is 6.07. The number of rotatable bonds is 11. The number of aromatic nitrogens is 1. The predicted molar refractivity (Wildman–Crippen MR) is 129 cm³/mol. The quantitative estimate of drug-likeness (QED) is 0.467. The smallest absolute Gasteiger partial charge is 0.273 e. The van der Waals surface area contributed by atoms with Gasteiger partial charge in [0, 0.05) is 31.3 Å². The van der Waals surface area contributed by atoms with Crippen molar-refractivity contribution >= 4 is 23.4 Å². The molecule has 0 spiro atoms. The summed E-state index contributed by atoms with van der Waals surface area (Å²) in [6.07, 6.45) is 9.26. The lowest BCUT2D eigenvalue weighted by atomic mass is 9.96. The number of carbonyl (C=O) groups is 2. The number of fused-ring (bicyclic) bond motifs is 4. The summed E-state index contributed by atoms with van der Waals surface area (Å²) in [4.78, 5) is 28.8. The molecule has 0 aromatic carbocycles. The van der Waals surface area contributed by atoms with Crippen LogP contribution in [0.5, 0.6) is 0 Å². The van der Waals surface area contributed by atoms with Gasteiger partial charge in [-0.1, -0.05) is 37.1 Å². The molecule has 1 heterocycles. The highest BCUT2D eigenvalue weighted by atomic mass is 35.5. The SMILES string of the molecule is C=C(CCNC(=O)COC1CC2=C(Cl)C(F)=C1CCC2)NC(=O)c1ccc(CCC2CC2)cn1. The number of hydrogen-bond donors (Lipinski definition) is 2. The minimum atomic E-state index is -0.437.